The first-order valence-electron chi connectivity index (χ1n) is 8.66. The molecule has 0 spiro atoms. The van der Waals surface area contributed by atoms with Gasteiger partial charge in [-0.2, -0.15) is 0 Å². The second-order valence-corrected chi connectivity index (χ2v) is 6.00. The standard InChI is InChI=1S/C20H25NO5/c1-14-6-4-9-18-19(14)26-15(13-25-18)12-21-10-11-24-20-16(22-2)7-5-8-17(20)23-3/h4-9,15,21H,10-13H2,1-3H3. The normalized spacial score (nSPS) is 15.4. The second kappa shape index (κ2) is 8.67. The number of methoxy groups -OCH3 is 2. The molecule has 1 atom stereocenters. The van der Waals surface area contributed by atoms with Crippen molar-refractivity contribution in [2.75, 3.05) is 40.5 Å². The lowest BCUT2D eigenvalue weighted by Gasteiger charge is -2.27. The van der Waals surface area contributed by atoms with Crippen LogP contribution in [0.25, 0.3) is 0 Å². The van der Waals surface area contributed by atoms with Crippen LogP contribution in [0.5, 0.6) is 28.7 Å². The molecule has 0 fully saturated rings. The zero-order chi connectivity index (χ0) is 18.4. The lowest BCUT2D eigenvalue weighted by molar-refractivity contribution is 0.0888. The minimum absolute atomic E-state index is 0.0237. The molecule has 26 heavy (non-hydrogen) atoms. The molecule has 0 saturated carbocycles. The van der Waals surface area contributed by atoms with E-state index in [4.69, 9.17) is 23.7 Å². The summed E-state index contributed by atoms with van der Waals surface area (Å²) < 4.78 is 28.3. The van der Waals surface area contributed by atoms with Gasteiger partial charge in [-0.15, -0.1) is 0 Å². The van der Waals surface area contributed by atoms with Crippen molar-refractivity contribution >= 4 is 0 Å². The van der Waals surface area contributed by atoms with Crippen molar-refractivity contribution in [3.05, 3.63) is 42.0 Å². The van der Waals surface area contributed by atoms with Gasteiger partial charge in [-0.05, 0) is 30.7 Å². The molecule has 0 aliphatic carbocycles. The molecule has 2 aromatic rings. The first-order chi connectivity index (χ1) is 12.7. The zero-order valence-corrected chi connectivity index (χ0v) is 15.4. The van der Waals surface area contributed by atoms with E-state index in [2.05, 4.69) is 5.32 Å². The number of hydrogen-bond acceptors (Lipinski definition) is 6. The van der Waals surface area contributed by atoms with E-state index in [9.17, 15) is 0 Å². The van der Waals surface area contributed by atoms with Gasteiger partial charge < -0.3 is 29.0 Å². The first kappa shape index (κ1) is 18.2. The quantitative estimate of drug-likeness (QED) is 0.732. The van der Waals surface area contributed by atoms with Crippen LogP contribution in [0.4, 0.5) is 0 Å². The number of benzene rings is 2. The SMILES string of the molecule is COc1cccc(OC)c1OCCNCC1COc2cccc(C)c2O1. The van der Waals surface area contributed by atoms with Gasteiger partial charge in [-0.3, -0.25) is 0 Å². The van der Waals surface area contributed by atoms with Crippen molar-refractivity contribution in [1.29, 1.82) is 0 Å². The van der Waals surface area contributed by atoms with E-state index in [1.165, 1.54) is 0 Å². The molecule has 1 unspecified atom stereocenters. The number of fused-ring (bicyclic) bond motifs is 1. The molecule has 0 bridgehead atoms. The van der Waals surface area contributed by atoms with Crippen LogP contribution in [0.1, 0.15) is 5.56 Å². The Bertz CT molecular complexity index is 712. The predicted octanol–water partition coefficient (Wildman–Crippen LogP) is 2.82. The highest BCUT2D eigenvalue weighted by Crippen LogP contribution is 2.36. The molecule has 1 aliphatic heterocycles. The number of aryl methyl sites for hydroxylation is 1. The maximum atomic E-state index is 6.03. The smallest absolute Gasteiger partial charge is 0.203 e. The monoisotopic (exact) mass is 359 g/mol. The molecule has 0 radical (unpaired) electrons. The van der Waals surface area contributed by atoms with E-state index in [-0.39, 0.29) is 6.10 Å². The Morgan fingerprint density at radius 3 is 2.54 bits per heavy atom. The minimum atomic E-state index is -0.0237. The molecule has 6 nitrogen and oxygen atoms in total. The molecular formula is C20H25NO5. The van der Waals surface area contributed by atoms with Crippen LogP contribution in [0, 0.1) is 6.92 Å². The third-order valence-corrected chi connectivity index (χ3v) is 4.16. The summed E-state index contributed by atoms with van der Waals surface area (Å²) in [6.45, 7) is 4.39. The number of para-hydroxylation sites is 2. The lowest BCUT2D eigenvalue weighted by Crippen LogP contribution is -2.39. The molecule has 140 valence electrons. The Morgan fingerprint density at radius 1 is 1.08 bits per heavy atom. The minimum Gasteiger partial charge on any atom is -0.493 e. The fourth-order valence-corrected chi connectivity index (χ4v) is 2.82. The first-order valence-corrected chi connectivity index (χ1v) is 8.66. The van der Waals surface area contributed by atoms with Gasteiger partial charge in [0.05, 0.1) is 14.2 Å². The van der Waals surface area contributed by atoms with Gasteiger partial charge in [0, 0.05) is 13.1 Å². The Morgan fingerprint density at radius 2 is 1.81 bits per heavy atom. The highest BCUT2D eigenvalue weighted by Gasteiger charge is 2.21. The molecule has 0 saturated heterocycles. The van der Waals surface area contributed by atoms with Crippen LogP contribution in [0.15, 0.2) is 36.4 Å². The summed E-state index contributed by atoms with van der Waals surface area (Å²) in [5.74, 6) is 3.57. The van der Waals surface area contributed by atoms with E-state index in [0.29, 0.717) is 43.6 Å². The average Bonchev–Trinajstić information content (AvgIpc) is 2.68. The second-order valence-electron chi connectivity index (χ2n) is 6.00. The molecular weight excluding hydrogens is 334 g/mol. The molecule has 1 heterocycles. The van der Waals surface area contributed by atoms with Gasteiger partial charge in [0.2, 0.25) is 5.75 Å². The lowest BCUT2D eigenvalue weighted by atomic mass is 10.2. The fourth-order valence-electron chi connectivity index (χ4n) is 2.82. The van der Waals surface area contributed by atoms with Gasteiger partial charge in [0.1, 0.15) is 19.3 Å². The molecule has 1 N–H and O–H groups in total. The van der Waals surface area contributed by atoms with Gasteiger partial charge >= 0.3 is 0 Å². The summed E-state index contributed by atoms with van der Waals surface area (Å²) in [5.41, 5.74) is 1.08. The predicted molar refractivity (Wildman–Crippen MR) is 99.0 cm³/mol. The number of nitrogens with one attached hydrogen (secondary N) is 1. The van der Waals surface area contributed by atoms with Crippen LogP contribution >= 0.6 is 0 Å². The summed E-state index contributed by atoms with van der Waals surface area (Å²) >= 11 is 0. The average molecular weight is 359 g/mol. The molecule has 1 aliphatic rings. The van der Waals surface area contributed by atoms with Crippen molar-refractivity contribution in [2.24, 2.45) is 0 Å². The van der Waals surface area contributed by atoms with Crippen LogP contribution in [0.2, 0.25) is 0 Å². The third kappa shape index (κ3) is 4.14. The topological polar surface area (TPSA) is 58.2 Å². The van der Waals surface area contributed by atoms with E-state index in [1.807, 2.05) is 43.3 Å². The molecule has 0 amide bonds. The summed E-state index contributed by atoms with van der Waals surface area (Å²) in [6, 6.07) is 11.5. The highest BCUT2D eigenvalue weighted by molar-refractivity contribution is 5.51. The fraction of sp³-hybridized carbons (Fsp3) is 0.400. The summed E-state index contributed by atoms with van der Waals surface area (Å²) in [6.07, 6.45) is -0.0237. The molecule has 6 heteroatoms. The van der Waals surface area contributed by atoms with E-state index < -0.39 is 0 Å². The molecule has 2 aromatic carbocycles. The number of rotatable bonds is 8. The summed E-state index contributed by atoms with van der Waals surface area (Å²) in [5, 5.41) is 3.34. The largest absolute Gasteiger partial charge is 0.493 e. The highest BCUT2D eigenvalue weighted by atomic mass is 16.6. The molecule has 3 rings (SSSR count). The Labute approximate surface area is 154 Å². The van der Waals surface area contributed by atoms with Crippen LogP contribution in [-0.4, -0.2) is 46.6 Å². The summed E-state index contributed by atoms with van der Waals surface area (Å²) in [7, 11) is 3.22. The van der Waals surface area contributed by atoms with Crippen molar-refractivity contribution in [3.8, 4) is 28.7 Å². The van der Waals surface area contributed by atoms with Gasteiger partial charge in [-0.25, -0.2) is 0 Å². The van der Waals surface area contributed by atoms with Crippen molar-refractivity contribution in [1.82, 2.24) is 5.32 Å². The van der Waals surface area contributed by atoms with Crippen LogP contribution in [-0.2, 0) is 0 Å². The maximum absolute atomic E-state index is 6.03. The van der Waals surface area contributed by atoms with Crippen LogP contribution in [0.3, 0.4) is 0 Å². The van der Waals surface area contributed by atoms with Crippen LogP contribution < -0.4 is 29.0 Å². The number of ether oxygens (including phenoxy) is 5. The summed E-state index contributed by atoms with van der Waals surface area (Å²) in [4.78, 5) is 0. The Hall–Kier alpha value is -2.60. The maximum Gasteiger partial charge on any atom is 0.203 e. The zero-order valence-electron chi connectivity index (χ0n) is 15.4. The number of hydrogen-bond donors (Lipinski definition) is 1. The van der Waals surface area contributed by atoms with Crippen molar-refractivity contribution in [2.45, 2.75) is 13.0 Å². The van der Waals surface area contributed by atoms with E-state index >= 15 is 0 Å². The third-order valence-electron chi connectivity index (χ3n) is 4.16. The Balaban J connectivity index is 1.45. The van der Waals surface area contributed by atoms with Crippen molar-refractivity contribution in [3.63, 3.8) is 0 Å². The Kier molecular flexibility index (Phi) is 6.07. The van der Waals surface area contributed by atoms with Gasteiger partial charge in [-0.1, -0.05) is 18.2 Å². The van der Waals surface area contributed by atoms with Gasteiger partial charge in [0.25, 0.3) is 0 Å². The van der Waals surface area contributed by atoms with E-state index in [1.54, 1.807) is 14.2 Å². The molecule has 0 aromatic heterocycles. The van der Waals surface area contributed by atoms with Crippen molar-refractivity contribution < 1.29 is 23.7 Å². The van der Waals surface area contributed by atoms with Gasteiger partial charge in [0.15, 0.2) is 23.0 Å². The van der Waals surface area contributed by atoms with E-state index in [0.717, 1.165) is 17.1 Å².